The van der Waals surface area contributed by atoms with Gasteiger partial charge >= 0.3 is 0 Å². The minimum Gasteiger partial charge on any atom is -0.390 e. The summed E-state index contributed by atoms with van der Waals surface area (Å²) in [5.41, 5.74) is -0.425. The number of ether oxygens (including phenoxy) is 1. The Labute approximate surface area is 143 Å². The molecule has 2 rings (SSSR count). The van der Waals surface area contributed by atoms with Crippen LogP contribution in [0.5, 0.6) is 0 Å². The number of piperidine rings is 1. The van der Waals surface area contributed by atoms with Crippen molar-refractivity contribution >= 4 is 0 Å². The minimum atomic E-state index is -0.425. The Balaban J connectivity index is 1.51. The molecule has 0 aliphatic carbocycles. The first-order valence-electron chi connectivity index (χ1n) is 10.2. The number of rotatable bonds is 11. The Hall–Kier alpha value is -0.120. The number of aliphatic hydroxyl groups is 1. The van der Waals surface area contributed by atoms with Crippen LogP contribution in [0.25, 0.3) is 0 Å². The number of hydrogen-bond acceptors (Lipinski definition) is 3. The van der Waals surface area contributed by atoms with Crippen LogP contribution in [0.2, 0.25) is 0 Å². The highest BCUT2D eigenvalue weighted by Crippen LogP contribution is 2.36. The molecule has 2 saturated heterocycles. The molecule has 0 radical (unpaired) electrons. The molecule has 2 unspecified atom stereocenters. The largest absolute Gasteiger partial charge is 0.390 e. The third kappa shape index (κ3) is 6.36. The summed E-state index contributed by atoms with van der Waals surface area (Å²) in [4.78, 5) is 2.43. The van der Waals surface area contributed by atoms with Crippen molar-refractivity contribution in [3.8, 4) is 0 Å². The van der Waals surface area contributed by atoms with Crippen LogP contribution >= 0.6 is 0 Å². The van der Waals surface area contributed by atoms with Gasteiger partial charge in [0.15, 0.2) is 0 Å². The summed E-state index contributed by atoms with van der Waals surface area (Å²) in [7, 11) is 2.19. The summed E-state index contributed by atoms with van der Waals surface area (Å²) in [6.45, 7) is 3.87. The first-order valence-corrected chi connectivity index (χ1v) is 10.2. The molecule has 2 bridgehead atoms. The van der Waals surface area contributed by atoms with Gasteiger partial charge in [0.2, 0.25) is 0 Å². The molecule has 1 N–H and O–H groups in total. The van der Waals surface area contributed by atoms with Crippen LogP contribution in [0.1, 0.15) is 90.4 Å². The van der Waals surface area contributed by atoms with Gasteiger partial charge in [-0.05, 0) is 26.3 Å². The summed E-state index contributed by atoms with van der Waals surface area (Å²) >= 11 is 0. The van der Waals surface area contributed by atoms with Gasteiger partial charge in [0.1, 0.15) is 0 Å². The highest BCUT2D eigenvalue weighted by molar-refractivity contribution is 4.97. The number of nitrogens with zero attached hydrogens (tertiary/aromatic N) is 1. The van der Waals surface area contributed by atoms with Crippen LogP contribution in [0, 0.1) is 0 Å². The van der Waals surface area contributed by atoms with Crippen LogP contribution in [0.3, 0.4) is 0 Å². The molecule has 2 atom stereocenters. The lowest BCUT2D eigenvalue weighted by molar-refractivity contribution is -0.137. The van der Waals surface area contributed by atoms with Gasteiger partial charge in [0.25, 0.3) is 0 Å². The fourth-order valence-electron chi connectivity index (χ4n) is 4.39. The molecule has 2 aliphatic rings. The molecule has 0 saturated carbocycles. The highest BCUT2D eigenvalue weighted by atomic mass is 16.5. The van der Waals surface area contributed by atoms with Crippen LogP contribution in [0.4, 0.5) is 0 Å². The molecule has 0 aromatic heterocycles. The van der Waals surface area contributed by atoms with Crippen molar-refractivity contribution in [3.05, 3.63) is 0 Å². The lowest BCUT2D eigenvalue weighted by atomic mass is 9.78. The molecule has 3 nitrogen and oxygen atoms in total. The summed E-state index contributed by atoms with van der Waals surface area (Å²) in [6, 6.07) is 0.853. The van der Waals surface area contributed by atoms with Gasteiger partial charge in [0.05, 0.1) is 18.8 Å². The van der Waals surface area contributed by atoms with Gasteiger partial charge in [-0.2, -0.15) is 0 Å². The summed E-state index contributed by atoms with van der Waals surface area (Å²) < 4.78 is 5.65. The van der Waals surface area contributed by atoms with E-state index in [-0.39, 0.29) is 0 Å². The van der Waals surface area contributed by atoms with E-state index in [4.69, 9.17) is 4.74 Å². The zero-order valence-corrected chi connectivity index (χ0v) is 15.6. The van der Waals surface area contributed by atoms with E-state index in [1.54, 1.807) is 0 Å². The molecule has 0 amide bonds. The lowest BCUT2D eigenvalue weighted by Gasteiger charge is -2.50. The molecule has 136 valence electrons. The molecule has 2 aliphatic heterocycles. The van der Waals surface area contributed by atoms with Crippen molar-refractivity contribution in [1.29, 1.82) is 0 Å². The molecule has 2 fully saturated rings. The second kappa shape index (κ2) is 10.0. The Kier molecular flexibility index (Phi) is 8.35. The molecular formula is C20H39NO2. The van der Waals surface area contributed by atoms with Crippen molar-refractivity contribution in [2.24, 2.45) is 0 Å². The molecule has 23 heavy (non-hydrogen) atoms. The first kappa shape index (κ1) is 19.2. The Morgan fingerprint density at radius 1 is 0.870 bits per heavy atom. The summed E-state index contributed by atoms with van der Waals surface area (Å²) in [5.74, 6) is 0. The van der Waals surface area contributed by atoms with E-state index in [9.17, 15) is 5.11 Å². The number of unbranched alkanes of at least 4 members (excludes halogenated alkanes) is 9. The molecule has 0 aromatic rings. The molecule has 0 spiro atoms. The van der Waals surface area contributed by atoms with Gasteiger partial charge in [-0.15, -0.1) is 0 Å². The summed E-state index contributed by atoms with van der Waals surface area (Å²) in [6.07, 6.45) is 16.4. The Morgan fingerprint density at radius 3 is 1.87 bits per heavy atom. The van der Waals surface area contributed by atoms with Crippen LogP contribution < -0.4 is 0 Å². The predicted molar refractivity (Wildman–Crippen MR) is 96.8 cm³/mol. The number of likely N-dealkylation sites (N-methyl/N-ethyl adjacent to an activating group) is 1. The monoisotopic (exact) mass is 325 g/mol. The molecule has 2 heterocycles. The number of hydrogen-bond donors (Lipinski definition) is 1. The standard InChI is InChI=1S/C20H39NO2/c1-3-4-5-6-7-8-9-10-11-12-13-20(22)14-18-16-23-17-19(15-20)21(18)2/h18-19,22H,3-17H2,1-2H3. The van der Waals surface area contributed by atoms with Crippen molar-refractivity contribution < 1.29 is 9.84 Å². The third-order valence-corrected chi connectivity index (χ3v) is 6.00. The smallest absolute Gasteiger partial charge is 0.0679 e. The summed E-state index contributed by atoms with van der Waals surface area (Å²) in [5, 5.41) is 10.9. The lowest BCUT2D eigenvalue weighted by Crippen LogP contribution is -2.60. The first-order chi connectivity index (χ1) is 11.1. The fraction of sp³-hybridized carbons (Fsp3) is 1.00. The molecule has 3 heteroatoms. The average Bonchev–Trinajstić information content (AvgIpc) is 2.51. The van der Waals surface area contributed by atoms with E-state index in [2.05, 4.69) is 18.9 Å². The maximum absolute atomic E-state index is 10.9. The van der Waals surface area contributed by atoms with E-state index in [0.29, 0.717) is 12.1 Å². The van der Waals surface area contributed by atoms with Gasteiger partial charge < -0.3 is 9.84 Å². The maximum Gasteiger partial charge on any atom is 0.0679 e. The van der Waals surface area contributed by atoms with Crippen molar-refractivity contribution in [1.82, 2.24) is 4.90 Å². The van der Waals surface area contributed by atoms with E-state index in [0.717, 1.165) is 32.5 Å². The Bertz CT molecular complexity index is 307. The van der Waals surface area contributed by atoms with Crippen LogP contribution in [-0.4, -0.2) is 48.0 Å². The third-order valence-electron chi connectivity index (χ3n) is 6.00. The van der Waals surface area contributed by atoms with Gasteiger partial charge in [-0.3, -0.25) is 4.90 Å². The zero-order chi connectivity index (χ0) is 16.5. The predicted octanol–water partition coefficient (Wildman–Crippen LogP) is 4.52. The SMILES string of the molecule is CCCCCCCCCCCCC1(O)CC2COCC(C1)N2C. The number of morpholine rings is 1. The quantitative estimate of drug-likeness (QED) is 0.567. The van der Waals surface area contributed by atoms with Crippen molar-refractivity contribution in [2.45, 2.75) is 108 Å². The average molecular weight is 326 g/mol. The topological polar surface area (TPSA) is 32.7 Å². The number of fused-ring (bicyclic) bond motifs is 2. The maximum atomic E-state index is 10.9. The molecular weight excluding hydrogens is 286 g/mol. The van der Waals surface area contributed by atoms with Crippen LogP contribution in [0.15, 0.2) is 0 Å². The Morgan fingerprint density at radius 2 is 1.35 bits per heavy atom. The van der Waals surface area contributed by atoms with Crippen molar-refractivity contribution in [2.75, 3.05) is 20.3 Å². The van der Waals surface area contributed by atoms with Crippen LogP contribution in [-0.2, 0) is 4.74 Å². The van der Waals surface area contributed by atoms with E-state index >= 15 is 0 Å². The van der Waals surface area contributed by atoms with E-state index < -0.39 is 5.60 Å². The van der Waals surface area contributed by atoms with E-state index in [1.165, 1.54) is 64.2 Å². The van der Waals surface area contributed by atoms with Gasteiger partial charge in [0, 0.05) is 12.1 Å². The second-order valence-corrected chi connectivity index (χ2v) is 8.08. The normalized spacial score (nSPS) is 31.4. The fourth-order valence-corrected chi connectivity index (χ4v) is 4.39. The molecule has 0 aromatic carbocycles. The van der Waals surface area contributed by atoms with Crippen molar-refractivity contribution in [3.63, 3.8) is 0 Å². The second-order valence-electron chi connectivity index (χ2n) is 8.08. The van der Waals surface area contributed by atoms with Gasteiger partial charge in [-0.25, -0.2) is 0 Å². The minimum absolute atomic E-state index is 0.425. The zero-order valence-electron chi connectivity index (χ0n) is 15.6. The van der Waals surface area contributed by atoms with E-state index in [1.807, 2.05) is 0 Å². The highest BCUT2D eigenvalue weighted by Gasteiger charge is 2.43. The van der Waals surface area contributed by atoms with Gasteiger partial charge in [-0.1, -0.05) is 71.1 Å².